The molecule has 0 radical (unpaired) electrons. The topological polar surface area (TPSA) is 37.2 Å². The summed E-state index contributed by atoms with van der Waals surface area (Å²) in [5.74, 6) is 1.58. The Labute approximate surface area is 117 Å². The third-order valence-electron chi connectivity index (χ3n) is 4.27. The zero-order chi connectivity index (χ0) is 13.7. The molecular weight excluding hydrogens is 236 g/mol. The van der Waals surface area contributed by atoms with Crippen molar-refractivity contribution in [3.63, 3.8) is 0 Å². The predicted octanol–water partition coefficient (Wildman–Crippen LogP) is 3.34. The molecule has 3 heteroatoms. The van der Waals surface area contributed by atoms with Crippen LogP contribution < -0.4 is 10.6 Å². The van der Waals surface area contributed by atoms with Gasteiger partial charge in [-0.15, -0.1) is 0 Å². The highest BCUT2D eigenvalue weighted by atomic mass is 16.3. The van der Waals surface area contributed by atoms with E-state index in [-0.39, 0.29) is 0 Å². The Bertz CT molecular complexity index is 346. The van der Waals surface area contributed by atoms with Gasteiger partial charge in [0.25, 0.3) is 0 Å². The largest absolute Gasteiger partial charge is 0.472 e. The van der Waals surface area contributed by atoms with Crippen LogP contribution in [0.4, 0.5) is 0 Å². The normalized spacial score (nSPS) is 20.2. The lowest BCUT2D eigenvalue weighted by Gasteiger charge is -2.28. The van der Waals surface area contributed by atoms with Crippen LogP contribution in [0.5, 0.6) is 0 Å². The maximum Gasteiger partial charge on any atom is 0.0950 e. The molecule has 3 nitrogen and oxygen atoms in total. The summed E-state index contributed by atoms with van der Waals surface area (Å²) < 4.78 is 5.25. The lowest BCUT2D eigenvalue weighted by Crippen LogP contribution is -2.36. The van der Waals surface area contributed by atoms with Gasteiger partial charge in [-0.25, -0.2) is 0 Å². The van der Waals surface area contributed by atoms with Gasteiger partial charge in [0.1, 0.15) is 0 Å². The van der Waals surface area contributed by atoms with E-state index in [1.165, 1.54) is 31.2 Å². The van der Waals surface area contributed by atoms with E-state index in [1.807, 2.05) is 6.26 Å². The minimum atomic E-state index is 0.420. The van der Waals surface area contributed by atoms with Gasteiger partial charge in [-0.2, -0.15) is 0 Å². The van der Waals surface area contributed by atoms with Crippen LogP contribution in [0.2, 0.25) is 0 Å². The molecule has 0 amide bonds. The van der Waals surface area contributed by atoms with E-state index < -0.39 is 0 Å². The Kier molecular flexibility index (Phi) is 5.46. The Morgan fingerprint density at radius 3 is 2.74 bits per heavy atom. The molecule has 19 heavy (non-hydrogen) atoms. The van der Waals surface area contributed by atoms with Crippen molar-refractivity contribution in [3.05, 3.63) is 24.2 Å². The second-order valence-electron chi connectivity index (χ2n) is 5.93. The van der Waals surface area contributed by atoms with Gasteiger partial charge in [0, 0.05) is 17.6 Å². The lowest BCUT2D eigenvalue weighted by molar-refractivity contribution is 0.304. The number of hydrogen-bond acceptors (Lipinski definition) is 3. The SMILES string of the molecule is CCCNC(CC(C)C(NC)C1CC1)c1ccoc1. The van der Waals surface area contributed by atoms with Gasteiger partial charge in [0.15, 0.2) is 0 Å². The molecule has 1 aromatic heterocycles. The fraction of sp³-hybridized carbons (Fsp3) is 0.750. The standard InChI is InChI=1S/C16H28N2O/c1-4-8-18-15(14-7-9-19-11-14)10-12(2)16(17-3)13-5-6-13/h7,9,11-13,15-18H,4-6,8,10H2,1-3H3. The number of hydrogen-bond donors (Lipinski definition) is 2. The Morgan fingerprint density at radius 2 is 2.21 bits per heavy atom. The van der Waals surface area contributed by atoms with E-state index in [0.29, 0.717) is 18.0 Å². The van der Waals surface area contributed by atoms with Crippen molar-refractivity contribution in [2.24, 2.45) is 11.8 Å². The van der Waals surface area contributed by atoms with Gasteiger partial charge < -0.3 is 15.1 Å². The molecule has 2 rings (SSSR count). The fourth-order valence-corrected chi connectivity index (χ4v) is 3.09. The zero-order valence-electron chi connectivity index (χ0n) is 12.5. The second-order valence-corrected chi connectivity index (χ2v) is 5.93. The summed E-state index contributed by atoms with van der Waals surface area (Å²) in [6.45, 7) is 5.65. The molecule has 0 spiro atoms. The molecule has 1 heterocycles. The van der Waals surface area contributed by atoms with E-state index in [0.717, 1.165) is 12.5 Å². The van der Waals surface area contributed by atoms with Gasteiger partial charge in [-0.1, -0.05) is 13.8 Å². The Morgan fingerprint density at radius 1 is 1.42 bits per heavy atom. The summed E-state index contributed by atoms with van der Waals surface area (Å²) in [5.41, 5.74) is 1.28. The van der Waals surface area contributed by atoms with E-state index in [4.69, 9.17) is 4.42 Å². The summed E-state index contributed by atoms with van der Waals surface area (Å²) in [4.78, 5) is 0. The molecular formula is C16H28N2O. The summed E-state index contributed by atoms with van der Waals surface area (Å²) in [7, 11) is 2.10. The van der Waals surface area contributed by atoms with Crippen molar-refractivity contribution in [3.8, 4) is 0 Å². The zero-order valence-corrected chi connectivity index (χ0v) is 12.5. The van der Waals surface area contributed by atoms with Crippen LogP contribution in [-0.2, 0) is 0 Å². The van der Waals surface area contributed by atoms with Gasteiger partial charge >= 0.3 is 0 Å². The molecule has 108 valence electrons. The van der Waals surface area contributed by atoms with Crippen molar-refractivity contribution < 1.29 is 4.42 Å². The highest BCUT2D eigenvalue weighted by Gasteiger charge is 2.34. The first-order valence-electron chi connectivity index (χ1n) is 7.69. The average Bonchev–Trinajstić information content (AvgIpc) is 3.08. The van der Waals surface area contributed by atoms with Crippen LogP contribution in [0.1, 0.15) is 51.1 Å². The minimum Gasteiger partial charge on any atom is -0.472 e. The first-order valence-corrected chi connectivity index (χ1v) is 7.69. The van der Waals surface area contributed by atoms with Gasteiger partial charge in [-0.05, 0) is 57.2 Å². The number of nitrogens with one attached hydrogen (secondary N) is 2. The van der Waals surface area contributed by atoms with Gasteiger partial charge in [0.2, 0.25) is 0 Å². The second kappa shape index (κ2) is 7.11. The van der Waals surface area contributed by atoms with Crippen molar-refractivity contribution in [1.29, 1.82) is 0 Å². The molecule has 0 bridgehead atoms. The maximum absolute atomic E-state index is 5.25. The summed E-state index contributed by atoms with van der Waals surface area (Å²) in [6.07, 6.45) is 8.79. The summed E-state index contributed by atoms with van der Waals surface area (Å²) >= 11 is 0. The molecule has 1 aromatic rings. The van der Waals surface area contributed by atoms with Crippen LogP contribution >= 0.6 is 0 Å². The van der Waals surface area contributed by atoms with Crippen LogP contribution in [0.15, 0.2) is 23.0 Å². The molecule has 3 unspecified atom stereocenters. The molecule has 1 saturated carbocycles. The van der Waals surface area contributed by atoms with E-state index in [9.17, 15) is 0 Å². The van der Waals surface area contributed by atoms with Crippen LogP contribution in [0, 0.1) is 11.8 Å². The molecule has 0 aromatic carbocycles. The summed E-state index contributed by atoms with van der Waals surface area (Å²) in [6, 6.07) is 3.17. The first kappa shape index (κ1) is 14.6. The fourth-order valence-electron chi connectivity index (χ4n) is 3.09. The van der Waals surface area contributed by atoms with Crippen molar-refractivity contribution in [2.75, 3.05) is 13.6 Å². The smallest absolute Gasteiger partial charge is 0.0950 e. The van der Waals surface area contributed by atoms with Gasteiger partial charge in [-0.3, -0.25) is 0 Å². The van der Waals surface area contributed by atoms with E-state index in [1.54, 1.807) is 6.26 Å². The van der Waals surface area contributed by atoms with E-state index in [2.05, 4.69) is 37.6 Å². The molecule has 3 atom stereocenters. The van der Waals surface area contributed by atoms with E-state index >= 15 is 0 Å². The van der Waals surface area contributed by atoms with Crippen molar-refractivity contribution in [1.82, 2.24) is 10.6 Å². The lowest BCUT2D eigenvalue weighted by atomic mass is 9.89. The molecule has 2 N–H and O–H groups in total. The summed E-state index contributed by atoms with van der Waals surface area (Å²) in [5, 5.41) is 7.17. The molecule has 0 saturated heterocycles. The van der Waals surface area contributed by atoms with Gasteiger partial charge in [0.05, 0.1) is 12.5 Å². The monoisotopic (exact) mass is 264 g/mol. The third-order valence-corrected chi connectivity index (χ3v) is 4.27. The Hall–Kier alpha value is -0.800. The van der Waals surface area contributed by atoms with Crippen LogP contribution in [-0.4, -0.2) is 19.6 Å². The molecule has 0 aliphatic heterocycles. The first-order chi connectivity index (χ1) is 9.26. The molecule has 1 aliphatic carbocycles. The maximum atomic E-state index is 5.25. The minimum absolute atomic E-state index is 0.420. The molecule has 1 aliphatic rings. The quantitative estimate of drug-likeness (QED) is 0.718. The Balaban J connectivity index is 1.94. The highest BCUT2D eigenvalue weighted by molar-refractivity contribution is 5.12. The number of rotatable bonds is 9. The highest BCUT2D eigenvalue weighted by Crippen LogP contribution is 2.38. The number of furan rings is 1. The third kappa shape index (κ3) is 4.08. The predicted molar refractivity (Wildman–Crippen MR) is 79.1 cm³/mol. The molecule has 1 fully saturated rings. The average molecular weight is 264 g/mol. The van der Waals surface area contributed by atoms with Crippen molar-refractivity contribution >= 4 is 0 Å². The van der Waals surface area contributed by atoms with Crippen molar-refractivity contribution in [2.45, 2.75) is 51.6 Å². The van der Waals surface area contributed by atoms with Crippen LogP contribution in [0.3, 0.4) is 0 Å². The van der Waals surface area contributed by atoms with Crippen LogP contribution in [0.25, 0.3) is 0 Å².